The van der Waals surface area contributed by atoms with Crippen LogP contribution in [0.3, 0.4) is 0 Å². The highest BCUT2D eigenvalue weighted by Gasteiger charge is 2.21. The summed E-state index contributed by atoms with van der Waals surface area (Å²) >= 11 is 6.77. The number of methoxy groups -OCH3 is 1. The van der Waals surface area contributed by atoms with E-state index in [1.54, 1.807) is 22.7 Å². The van der Waals surface area contributed by atoms with Crippen LogP contribution in [0.4, 0.5) is 34.1 Å². The smallest absolute Gasteiger partial charge is 0.348 e. The summed E-state index contributed by atoms with van der Waals surface area (Å²) in [7, 11) is 1.42. The SMILES string of the molecule is CCCCCCOc1ccc(-c2ccc(N(c3ccc(-c4ccc(OCCCCCC)cc4)cc3)c3ccc(-c4cc(C)c(-c5ccc6cc(C(=O)OC)sc6c5)s4)cc3)cc2)cc1.CCCCCCOc1ccc(-c2ccc(N(c3ccc(-c4ccc(OCCCCCC)cc4)cc3)c3ccc(-c4cc(C)c(-c5ccc6cc(CO)sc6c5)s4)cc3)cc2)cc1. The molecule has 0 aliphatic carbocycles. The van der Waals surface area contributed by atoms with Crippen LogP contribution in [-0.2, 0) is 11.3 Å². The number of hydrogen-bond acceptors (Lipinski definition) is 13. The number of nitrogens with zero attached hydrogens (tertiary/aromatic N) is 2. The standard InChI is InChI=1S/C57H57NO4S2.C56H57NO3S2/c1-5-7-9-11-35-61-51-31-21-43(22-32-51)41-15-25-48(26-16-41)58(49-27-17-42(18-28-49)44-23-33-52(34-24-44)62-36-12-10-8-6-2)50-29-19-45(20-30-50)53-37-40(3)56(64-53)47-14-13-46-38-55(57(59)60-4)63-54(46)39-47;1-4-6-8-10-34-59-51-30-20-43(21-31-51)41-14-24-48(25-15-41)57(49-26-16-42(17-27-49)44-22-32-52(33-23-44)60-35-11-9-7-5-2)50-28-18-45(19-29-50)54-36-40(3)56(62-54)47-13-12-46-37-53(39-58)61-55(46)38-47/h13-34,37-39H,5-12,35-36H2,1-4H3;12-33,36-38,58H,4-11,34-35,39H2,1-3H3. The Hall–Kier alpha value is -11.8. The number of carbonyl (C=O) groups is 1. The number of anilines is 6. The lowest BCUT2D eigenvalue weighted by Gasteiger charge is -2.26. The van der Waals surface area contributed by atoms with E-state index in [1.165, 1.54) is 175 Å². The largest absolute Gasteiger partial charge is 0.494 e. The molecule has 9 nitrogen and oxygen atoms in total. The van der Waals surface area contributed by atoms with Gasteiger partial charge in [0.15, 0.2) is 0 Å². The summed E-state index contributed by atoms with van der Waals surface area (Å²) in [6.07, 6.45) is 19.2. The number of hydrogen-bond donors (Lipinski definition) is 1. The second-order valence-corrected chi connectivity index (χ2v) is 36.8. The van der Waals surface area contributed by atoms with Gasteiger partial charge in [-0.05, 0) is 286 Å². The lowest BCUT2D eigenvalue weighted by molar-refractivity contribution is 0.0606. The van der Waals surface area contributed by atoms with E-state index in [0.717, 1.165) is 152 Å². The van der Waals surface area contributed by atoms with E-state index in [4.69, 9.17) is 23.7 Å². The van der Waals surface area contributed by atoms with Gasteiger partial charge >= 0.3 is 5.97 Å². The maximum atomic E-state index is 12.2. The van der Waals surface area contributed by atoms with Crippen LogP contribution < -0.4 is 28.7 Å². The maximum Gasteiger partial charge on any atom is 0.348 e. The van der Waals surface area contributed by atoms with Crippen molar-refractivity contribution in [2.45, 2.75) is 151 Å². The van der Waals surface area contributed by atoms with Crippen molar-refractivity contribution in [1.29, 1.82) is 0 Å². The molecular formula is C113H114N2O7S4. The van der Waals surface area contributed by atoms with Crippen LogP contribution in [0.5, 0.6) is 23.0 Å². The van der Waals surface area contributed by atoms with Crippen molar-refractivity contribution in [3.05, 3.63) is 324 Å². The molecule has 4 aromatic heterocycles. The van der Waals surface area contributed by atoms with Gasteiger partial charge in [-0.3, -0.25) is 0 Å². The molecule has 0 amide bonds. The molecule has 0 spiro atoms. The van der Waals surface area contributed by atoms with E-state index in [-0.39, 0.29) is 12.6 Å². The Morgan fingerprint density at radius 2 is 0.548 bits per heavy atom. The number of ether oxygens (including phenoxy) is 5. The second-order valence-electron chi connectivity index (χ2n) is 32.4. The Balaban J connectivity index is 0.000000195. The normalized spacial score (nSPS) is 11.2. The molecule has 1 N–H and O–H groups in total. The first-order valence-corrected chi connectivity index (χ1v) is 48.3. The molecule has 0 fully saturated rings. The number of aliphatic hydroxyl groups excluding tert-OH is 1. The third-order valence-electron chi connectivity index (χ3n) is 23.1. The highest BCUT2D eigenvalue weighted by atomic mass is 32.1. The van der Waals surface area contributed by atoms with Gasteiger partial charge in [0.25, 0.3) is 0 Å². The van der Waals surface area contributed by atoms with Crippen LogP contribution in [0.1, 0.15) is 156 Å². The van der Waals surface area contributed by atoms with Gasteiger partial charge in [-0.25, -0.2) is 4.79 Å². The zero-order valence-corrected chi connectivity index (χ0v) is 76.9. The van der Waals surface area contributed by atoms with E-state index in [1.807, 2.05) is 17.4 Å². The maximum absolute atomic E-state index is 12.2. The van der Waals surface area contributed by atoms with Gasteiger partial charge in [0.1, 0.15) is 27.9 Å². The Kier molecular flexibility index (Phi) is 31.4. The van der Waals surface area contributed by atoms with Crippen molar-refractivity contribution < 1.29 is 33.6 Å². The summed E-state index contributed by atoms with van der Waals surface area (Å²) in [5.74, 6) is 3.39. The quantitative estimate of drug-likeness (QED) is 0.0298. The van der Waals surface area contributed by atoms with Crippen LogP contribution in [0.25, 0.3) is 106 Å². The number of aryl methyl sites for hydroxylation is 2. The molecule has 126 heavy (non-hydrogen) atoms. The average molecular weight is 1740 g/mol. The molecule has 642 valence electrons. The fourth-order valence-electron chi connectivity index (χ4n) is 16.0. The molecule has 0 saturated carbocycles. The Morgan fingerprint density at radius 1 is 0.286 bits per heavy atom. The Bertz CT molecular complexity index is 5910. The third-order valence-corrected chi connectivity index (χ3v) is 28.0. The average Bonchev–Trinajstić information content (AvgIpc) is 1.45. The first-order valence-electron chi connectivity index (χ1n) is 45.0. The lowest BCUT2D eigenvalue weighted by atomic mass is 10.0. The van der Waals surface area contributed by atoms with Crippen molar-refractivity contribution in [3.63, 3.8) is 0 Å². The summed E-state index contributed by atoms with van der Waals surface area (Å²) in [5.41, 5.74) is 23.0. The Morgan fingerprint density at radius 3 is 0.825 bits per heavy atom. The minimum Gasteiger partial charge on any atom is -0.494 e. The minimum absolute atomic E-state index is 0.0782. The molecule has 16 aromatic rings. The van der Waals surface area contributed by atoms with Crippen LogP contribution in [0.2, 0.25) is 0 Å². The van der Waals surface area contributed by atoms with Crippen molar-refractivity contribution in [2.24, 2.45) is 0 Å². The fraction of sp³-hybridized carbons (Fsp3) is 0.248. The summed E-state index contributed by atoms with van der Waals surface area (Å²) in [6, 6.07) is 109. The molecule has 0 saturated heterocycles. The third kappa shape index (κ3) is 22.9. The summed E-state index contributed by atoms with van der Waals surface area (Å²) < 4.78 is 31.3. The van der Waals surface area contributed by atoms with Gasteiger partial charge < -0.3 is 38.6 Å². The highest BCUT2D eigenvalue weighted by molar-refractivity contribution is 7.21. The van der Waals surface area contributed by atoms with Crippen molar-refractivity contribution >= 4 is 106 Å². The molecule has 4 heterocycles. The van der Waals surface area contributed by atoms with Crippen LogP contribution in [0, 0.1) is 13.8 Å². The molecule has 0 radical (unpaired) electrons. The monoisotopic (exact) mass is 1740 g/mol. The molecule has 12 aromatic carbocycles. The first-order chi connectivity index (χ1) is 61.9. The minimum atomic E-state index is -0.298. The number of esters is 1. The van der Waals surface area contributed by atoms with E-state index in [0.29, 0.717) is 4.88 Å². The second kappa shape index (κ2) is 44.4. The van der Waals surface area contributed by atoms with Gasteiger partial charge in [-0.1, -0.05) is 250 Å². The van der Waals surface area contributed by atoms with Crippen LogP contribution in [-0.4, -0.2) is 44.6 Å². The van der Waals surface area contributed by atoms with Gasteiger partial charge in [0.2, 0.25) is 0 Å². The number of unbranched alkanes of at least 4 members (excludes halogenated alkanes) is 12. The van der Waals surface area contributed by atoms with Crippen LogP contribution >= 0.6 is 45.3 Å². The van der Waals surface area contributed by atoms with E-state index in [9.17, 15) is 9.90 Å². The van der Waals surface area contributed by atoms with E-state index >= 15 is 0 Å². The van der Waals surface area contributed by atoms with Gasteiger partial charge in [-0.2, -0.15) is 0 Å². The van der Waals surface area contributed by atoms with Gasteiger partial charge in [0, 0.05) is 67.9 Å². The lowest BCUT2D eigenvalue weighted by Crippen LogP contribution is -2.09. The summed E-state index contributed by atoms with van der Waals surface area (Å²) in [6.45, 7) is 16.4. The number of rotatable bonds is 40. The predicted molar refractivity (Wildman–Crippen MR) is 538 cm³/mol. The highest BCUT2D eigenvalue weighted by Crippen LogP contribution is 2.46. The molecule has 0 aliphatic rings. The van der Waals surface area contributed by atoms with E-state index in [2.05, 4.69) is 349 Å². The van der Waals surface area contributed by atoms with Crippen molar-refractivity contribution in [1.82, 2.24) is 0 Å². The summed E-state index contributed by atoms with van der Waals surface area (Å²) in [4.78, 5) is 23.4. The van der Waals surface area contributed by atoms with Gasteiger partial charge in [0.05, 0.1) is 40.1 Å². The van der Waals surface area contributed by atoms with Crippen LogP contribution in [0.15, 0.2) is 303 Å². The predicted octanol–water partition coefficient (Wildman–Crippen LogP) is 33.9. The number of aliphatic hydroxyl groups is 1. The molecule has 16 rings (SSSR count). The number of benzene rings is 12. The number of fused-ring (bicyclic) bond motifs is 2. The number of thiophene rings is 4. The zero-order valence-electron chi connectivity index (χ0n) is 73.6. The Labute approximate surface area is 761 Å². The zero-order chi connectivity index (χ0) is 86.9. The van der Waals surface area contributed by atoms with E-state index < -0.39 is 0 Å². The number of carbonyl (C=O) groups excluding carboxylic acids is 1. The topological polar surface area (TPSA) is 89.9 Å². The summed E-state index contributed by atoms with van der Waals surface area (Å²) in [5, 5.41) is 11.9. The van der Waals surface area contributed by atoms with Gasteiger partial charge in [-0.15, -0.1) is 45.3 Å². The first kappa shape index (κ1) is 89.0. The van der Waals surface area contributed by atoms with Crippen molar-refractivity contribution in [2.75, 3.05) is 43.3 Å². The fourth-order valence-corrected chi connectivity index (χ4v) is 20.3. The molecule has 13 heteroatoms. The van der Waals surface area contributed by atoms with Crippen molar-refractivity contribution in [3.8, 4) is 109 Å². The molecule has 0 atom stereocenters. The molecule has 0 bridgehead atoms. The molecule has 0 unspecified atom stereocenters. The molecular weight excluding hydrogens is 1630 g/mol. The molecule has 0 aliphatic heterocycles.